The molecule has 0 unspecified atom stereocenters. The molecular weight excluding hydrogens is 295 g/mol. The van der Waals surface area contributed by atoms with E-state index in [9.17, 15) is 10.0 Å². The van der Waals surface area contributed by atoms with Gasteiger partial charge in [0.05, 0.1) is 0 Å². The second-order valence-corrected chi connectivity index (χ2v) is 6.30. The van der Waals surface area contributed by atoms with Crippen LogP contribution >= 0.6 is 0 Å². The number of hydrogen-bond donors (Lipinski definition) is 2. The van der Waals surface area contributed by atoms with Gasteiger partial charge in [0, 0.05) is 0 Å². The molecule has 1 aliphatic rings. The predicted octanol–water partition coefficient (Wildman–Crippen LogP) is 3.19. The Labute approximate surface area is 142 Å². The minimum absolute atomic E-state index is 0.598. The van der Waals surface area contributed by atoms with Crippen LogP contribution in [0.2, 0.25) is 0 Å². The van der Waals surface area contributed by atoms with Crippen LogP contribution in [0.3, 0.4) is 0 Å². The summed E-state index contributed by atoms with van der Waals surface area (Å²) in [5.74, 6) is 0. The van der Waals surface area contributed by atoms with Crippen molar-refractivity contribution in [1.82, 2.24) is 0 Å². The Morgan fingerprint density at radius 3 is 1.92 bits per heavy atom. The molecular formula is C21H19BO2. The molecule has 0 bridgehead atoms. The van der Waals surface area contributed by atoms with E-state index in [1.54, 1.807) is 0 Å². The summed E-state index contributed by atoms with van der Waals surface area (Å²) in [6, 6.07) is 22.3. The molecule has 0 saturated carbocycles. The zero-order chi connectivity index (χ0) is 16.5. The monoisotopic (exact) mass is 314 g/mol. The molecule has 0 atom stereocenters. The molecule has 118 valence electrons. The van der Waals surface area contributed by atoms with Crippen molar-refractivity contribution >= 4 is 12.6 Å². The largest absolute Gasteiger partial charge is 0.489 e. The van der Waals surface area contributed by atoms with Gasteiger partial charge in [-0.3, -0.25) is 0 Å². The minimum Gasteiger partial charge on any atom is -0.423 e. The van der Waals surface area contributed by atoms with E-state index in [0.717, 1.165) is 41.5 Å². The number of hydrogen-bond acceptors (Lipinski definition) is 2. The lowest BCUT2D eigenvalue weighted by atomic mass is 9.71. The molecule has 0 fully saturated rings. The normalized spacial score (nSPS) is 12.9. The summed E-state index contributed by atoms with van der Waals surface area (Å²) in [7, 11) is -1.48. The number of fused-ring (bicyclic) bond motifs is 1. The Morgan fingerprint density at radius 1 is 0.708 bits per heavy atom. The van der Waals surface area contributed by atoms with Crippen LogP contribution < -0.4 is 5.46 Å². The number of benzene rings is 3. The van der Waals surface area contributed by atoms with Gasteiger partial charge >= 0.3 is 7.12 Å². The molecule has 4 rings (SSSR count). The highest BCUT2D eigenvalue weighted by molar-refractivity contribution is 6.60. The van der Waals surface area contributed by atoms with Crippen LogP contribution in [0.5, 0.6) is 0 Å². The highest BCUT2D eigenvalue weighted by atomic mass is 16.4. The molecule has 0 saturated heterocycles. The van der Waals surface area contributed by atoms with Crippen LogP contribution in [0.25, 0.3) is 22.3 Å². The first kappa shape index (κ1) is 15.2. The van der Waals surface area contributed by atoms with Gasteiger partial charge in [0.2, 0.25) is 0 Å². The summed E-state index contributed by atoms with van der Waals surface area (Å²) < 4.78 is 0. The van der Waals surface area contributed by atoms with Crippen LogP contribution in [0, 0.1) is 0 Å². The van der Waals surface area contributed by atoms with Crippen molar-refractivity contribution in [2.75, 3.05) is 0 Å². The first-order valence-corrected chi connectivity index (χ1v) is 8.41. The number of rotatable bonds is 3. The maximum absolute atomic E-state index is 10.0. The fourth-order valence-electron chi connectivity index (χ4n) is 3.83. The summed E-state index contributed by atoms with van der Waals surface area (Å²) in [4.78, 5) is 0. The predicted molar refractivity (Wildman–Crippen MR) is 99.2 cm³/mol. The van der Waals surface area contributed by atoms with E-state index >= 15 is 0 Å². The van der Waals surface area contributed by atoms with Crippen molar-refractivity contribution in [1.29, 1.82) is 0 Å². The summed E-state index contributed by atoms with van der Waals surface area (Å²) >= 11 is 0. The van der Waals surface area contributed by atoms with Crippen molar-refractivity contribution in [2.24, 2.45) is 0 Å². The zero-order valence-corrected chi connectivity index (χ0v) is 13.4. The Bertz CT molecular complexity index is 858. The van der Waals surface area contributed by atoms with Gasteiger partial charge in [-0.2, -0.15) is 0 Å². The third-order valence-corrected chi connectivity index (χ3v) is 4.86. The van der Waals surface area contributed by atoms with Crippen molar-refractivity contribution in [3.8, 4) is 22.3 Å². The molecule has 3 heteroatoms. The van der Waals surface area contributed by atoms with E-state index in [-0.39, 0.29) is 0 Å². The Balaban J connectivity index is 2.01. The van der Waals surface area contributed by atoms with E-state index in [1.165, 1.54) is 11.1 Å². The Hall–Kier alpha value is -2.36. The van der Waals surface area contributed by atoms with E-state index in [2.05, 4.69) is 12.1 Å². The van der Waals surface area contributed by atoms with Crippen molar-refractivity contribution in [2.45, 2.75) is 19.3 Å². The highest BCUT2D eigenvalue weighted by Crippen LogP contribution is 2.37. The lowest BCUT2D eigenvalue weighted by Crippen LogP contribution is -2.33. The average Bonchev–Trinajstić information content (AvgIpc) is 3.11. The highest BCUT2D eigenvalue weighted by Gasteiger charge is 2.27. The van der Waals surface area contributed by atoms with Crippen LogP contribution in [0.15, 0.2) is 66.7 Å². The molecule has 1 aliphatic carbocycles. The maximum atomic E-state index is 10.0. The van der Waals surface area contributed by atoms with E-state index in [1.807, 2.05) is 54.6 Å². The van der Waals surface area contributed by atoms with Gasteiger partial charge in [0.25, 0.3) is 0 Å². The summed E-state index contributed by atoms with van der Waals surface area (Å²) in [6.45, 7) is 0. The van der Waals surface area contributed by atoms with E-state index < -0.39 is 7.12 Å². The molecule has 0 spiro atoms. The van der Waals surface area contributed by atoms with Gasteiger partial charge in [-0.25, -0.2) is 0 Å². The molecule has 3 aromatic carbocycles. The van der Waals surface area contributed by atoms with Crippen LogP contribution in [-0.2, 0) is 12.8 Å². The van der Waals surface area contributed by atoms with Crippen LogP contribution in [0.1, 0.15) is 17.5 Å². The molecule has 0 heterocycles. The van der Waals surface area contributed by atoms with Crippen molar-refractivity contribution < 1.29 is 10.0 Å². The average molecular weight is 314 g/mol. The van der Waals surface area contributed by atoms with Gasteiger partial charge < -0.3 is 10.0 Å². The van der Waals surface area contributed by atoms with E-state index in [4.69, 9.17) is 0 Å². The smallest absolute Gasteiger partial charge is 0.423 e. The topological polar surface area (TPSA) is 40.5 Å². The lowest BCUT2D eigenvalue weighted by molar-refractivity contribution is 0.426. The first-order valence-electron chi connectivity index (χ1n) is 8.41. The molecule has 2 N–H and O–H groups in total. The van der Waals surface area contributed by atoms with Gasteiger partial charge in [0.1, 0.15) is 0 Å². The van der Waals surface area contributed by atoms with Gasteiger partial charge in [-0.1, -0.05) is 66.7 Å². The van der Waals surface area contributed by atoms with Gasteiger partial charge in [-0.15, -0.1) is 0 Å². The standard InChI is InChI=1S/C21H19BO2/c23-22(24)20-14-19(15-8-3-1-4-9-15)17-12-7-13-18(17)21(20)16-10-5-2-6-11-16/h1-6,8-11,14,23-24H,7,12-13H2. The first-order chi connectivity index (χ1) is 11.8. The SMILES string of the molecule is OB(O)c1cc(-c2ccccc2)c2c(c1-c1ccccc1)CCC2. The molecule has 0 radical (unpaired) electrons. The fraction of sp³-hybridized carbons (Fsp3) is 0.143. The summed E-state index contributed by atoms with van der Waals surface area (Å²) in [5.41, 5.74) is 7.54. The molecule has 0 aliphatic heterocycles. The van der Waals surface area contributed by atoms with Crippen molar-refractivity contribution in [3.63, 3.8) is 0 Å². The Kier molecular flexibility index (Phi) is 3.97. The second-order valence-electron chi connectivity index (χ2n) is 6.30. The minimum atomic E-state index is -1.48. The fourth-order valence-corrected chi connectivity index (χ4v) is 3.83. The molecule has 0 amide bonds. The third kappa shape index (κ3) is 2.56. The zero-order valence-electron chi connectivity index (χ0n) is 13.4. The van der Waals surface area contributed by atoms with E-state index in [0.29, 0.717) is 5.46 Å². The molecule has 24 heavy (non-hydrogen) atoms. The second kappa shape index (κ2) is 6.27. The van der Waals surface area contributed by atoms with Crippen molar-refractivity contribution in [3.05, 3.63) is 77.9 Å². The van der Waals surface area contributed by atoms with Crippen LogP contribution in [0.4, 0.5) is 0 Å². The third-order valence-electron chi connectivity index (χ3n) is 4.86. The molecule has 0 aromatic heterocycles. The molecule has 2 nitrogen and oxygen atoms in total. The summed E-state index contributed by atoms with van der Waals surface area (Å²) in [6.07, 6.45) is 3.14. The molecule has 3 aromatic rings. The Morgan fingerprint density at radius 2 is 1.29 bits per heavy atom. The maximum Gasteiger partial charge on any atom is 0.489 e. The van der Waals surface area contributed by atoms with Gasteiger partial charge in [-0.05, 0) is 58.1 Å². The van der Waals surface area contributed by atoms with Gasteiger partial charge in [0.15, 0.2) is 0 Å². The lowest BCUT2D eigenvalue weighted by Gasteiger charge is -2.19. The summed E-state index contributed by atoms with van der Waals surface area (Å²) in [5, 5.41) is 20.0. The van der Waals surface area contributed by atoms with Crippen LogP contribution in [-0.4, -0.2) is 17.2 Å². The quantitative estimate of drug-likeness (QED) is 0.729.